The zero-order valence-electron chi connectivity index (χ0n) is 15.3. The van der Waals surface area contributed by atoms with Crippen molar-refractivity contribution in [2.24, 2.45) is 5.92 Å². The van der Waals surface area contributed by atoms with E-state index in [1.807, 2.05) is 59.0 Å². The molecule has 0 saturated carbocycles. The minimum atomic E-state index is -0.0108. The summed E-state index contributed by atoms with van der Waals surface area (Å²) in [5.74, 6) is 0.164. The predicted molar refractivity (Wildman–Crippen MR) is 103 cm³/mol. The fraction of sp³-hybridized carbons (Fsp3) is 0.333. The van der Waals surface area contributed by atoms with Crippen LogP contribution in [0, 0.1) is 5.92 Å². The van der Waals surface area contributed by atoms with Gasteiger partial charge in [-0.2, -0.15) is 0 Å². The van der Waals surface area contributed by atoms with E-state index in [9.17, 15) is 9.59 Å². The van der Waals surface area contributed by atoms with Crippen molar-refractivity contribution in [3.8, 4) is 0 Å². The number of hydrogen-bond acceptors (Lipinski definition) is 4. The third kappa shape index (κ3) is 3.35. The van der Waals surface area contributed by atoms with Gasteiger partial charge in [0.1, 0.15) is 5.52 Å². The van der Waals surface area contributed by atoms with Crippen LogP contribution in [0.5, 0.6) is 0 Å². The summed E-state index contributed by atoms with van der Waals surface area (Å²) in [7, 11) is 0. The highest BCUT2D eigenvalue weighted by molar-refractivity contribution is 5.99. The van der Waals surface area contributed by atoms with Crippen LogP contribution in [0.15, 0.2) is 48.5 Å². The van der Waals surface area contributed by atoms with Crippen LogP contribution in [0.1, 0.15) is 40.5 Å². The Balaban J connectivity index is 1.43. The molecule has 0 spiro atoms. The van der Waals surface area contributed by atoms with Gasteiger partial charge in [0, 0.05) is 36.7 Å². The number of rotatable bonds is 4. The normalized spacial score (nSPS) is 15.2. The van der Waals surface area contributed by atoms with Gasteiger partial charge in [0.05, 0.1) is 5.52 Å². The van der Waals surface area contributed by atoms with Gasteiger partial charge in [0.2, 0.25) is 0 Å². The minimum absolute atomic E-state index is 0.00596. The van der Waals surface area contributed by atoms with Crippen LogP contribution in [-0.4, -0.2) is 44.7 Å². The Labute approximate surface area is 157 Å². The molecule has 1 fully saturated rings. The van der Waals surface area contributed by atoms with Crippen molar-refractivity contribution in [2.75, 3.05) is 13.1 Å². The van der Waals surface area contributed by atoms with Crippen LogP contribution in [0.4, 0.5) is 0 Å². The highest BCUT2D eigenvalue weighted by atomic mass is 16.2. The Morgan fingerprint density at radius 1 is 1.04 bits per heavy atom. The van der Waals surface area contributed by atoms with Gasteiger partial charge in [-0.05, 0) is 38.0 Å². The lowest BCUT2D eigenvalue weighted by molar-refractivity contribution is 0.0650. The average molecular weight is 362 g/mol. The van der Waals surface area contributed by atoms with E-state index in [-0.39, 0.29) is 17.6 Å². The third-order valence-corrected chi connectivity index (χ3v) is 5.27. The van der Waals surface area contributed by atoms with Crippen molar-refractivity contribution in [3.63, 3.8) is 0 Å². The highest BCUT2D eigenvalue weighted by Crippen LogP contribution is 2.23. The van der Waals surface area contributed by atoms with Gasteiger partial charge in [-0.3, -0.25) is 9.59 Å². The molecule has 2 aromatic carbocycles. The number of piperidine rings is 1. The molecule has 3 aromatic rings. The first-order chi connectivity index (χ1) is 13.2. The van der Waals surface area contributed by atoms with E-state index in [1.54, 1.807) is 6.07 Å². The Bertz CT molecular complexity index is 972. The molecule has 6 heteroatoms. The van der Waals surface area contributed by atoms with E-state index in [0.29, 0.717) is 31.5 Å². The van der Waals surface area contributed by atoms with Crippen LogP contribution in [0.3, 0.4) is 0 Å². The van der Waals surface area contributed by atoms with E-state index < -0.39 is 0 Å². The zero-order valence-corrected chi connectivity index (χ0v) is 15.3. The molecule has 2 heterocycles. The Hall–Kier alpha value is -3.02. The Morgan fingerprint density at radius 3 is 2.48 bits per heavy atom. The van der Waals surface area contributed by atoms with Crippen molar-refractivity contribution >= 4 is 22.7 Å². The van der Waals surface area contributed by atoms with E-state index in [4.69, 9.17) is 0 Å². The van der Waals surface area contributed by atoms with Crippen LogP contribution in [0.2, 0.25) is 0 Å². The molecule has 0 N–H and O–H groups in total. The number of likely N-dealkylation sites (tertiary alicyclic amines) is 1. The maximum atomic E-state index is 12.9. The number of benzene rings is 2. The molecule has 138 valence electrons. The molecular weight excluding hydrogens is 340 g/mol. The van der Waals surface area contributed by atoms with Crippen molar-refractivity contribution in [1.82, 2.24) is 19.9 Å². The van der Waals surface area contributed by atoms with Gasteiger partial charge >= 0.3 is 0 Å². The quantitative estimate of drug-likeness (QED) is 0.669. The first-order valence-electron chi connectivity index (χ1n) is 9.39. The summed E-state index contributed by atoms with van der Waals surface area (Å²) in [6.45, 7) is 3.95. The molecule has 1 aliphatic rings. The molecule has 6 nitrogen and oxygen atoms in total. The summed E-state index contributed by atoms with van der Waals surface area (Å²) in [5.41, 5.74) is 3.04. The van der Waals surface area contributed by atoms with Crippen molar-refractivity contribution in [1.29, 1.82) is 0 Å². The molecule has 27 heavy (non-hydrogen) atoms. The van der Waals surface area contributed by atoms with E-state index in [0.717, 1.165) is 23.1 Å². The van der Waals surface area contributed by atoms with Gasteiger partial charge in [0.25, 0.3) is 5.91 Å². The fourth-order valence-corrected chi connectivity index (χ4v) is 3.70. The van der Waals surface area contributed by atoms with Crippen LogP contribution >= 0.6 is 0 Å². The van der Waals surface area contributed by atoms with E-state index >= 15 is 0 Å². The zero-order chi connectivity index (χ0) is 18.8. The molecule has 1 amide bonds. The molecule has 0 unspecified atom stereocenters. The number of aryl methyl sites for hydroxylation is 1. The number of hydrogen-bond donors (Lipinski definition) is 0. The molecule has 0 atom stereocenters. The van der Waals surface area contributed by atoms with E-state index in [2.05, 4.69) is 10.3 Å². The fourth-order valence-electron chi connectivity index (χ4n) is 3.70. The summed E-state index contributed by atoms with van der Waals surface area (Å²) >= 11 is 0. The predicted octanol–water partition coefficient (Wildman–Crippen LogP) is 3.19. The van der Waals surface area contributed by atoms with Crippen molar-refractivity contribution < 1.29 is 9.59 Å². The van der Waals surface area contributed by atoms with Crippen molar-refractivity contribution in [2.45, 2.75) is 26.3 Å². The van der Waals surface area contributed by atoms with E-state index in [1.165, 1.54) is 0 Å². The standard InChI is InChI=1S/C21H22N4O2/c1-2-25-19-9-8-17(14-18(19)22-23-25)21(27)24-12-10-16(11-13-24)20(26)15-6-4-3-5-7-15/h3-9,14,16H,2,10-13H2,1H3. The lowest BCUT2D eigenvalue weighted by Crippen LogP contribution is -2.40. The van der Waals surface area contributed by atoms with Crippen LogP contribution in [-0.2, 0) is 6.54 Å². The van der Waals surface area contributed by atoms with Gasteiger partial charge in [-0.25, -0.2) is 4.68 Å². The van der Waals surface area contributed by atoms with Crippen LogP contribution in [0.25, 0.3) is 11.0 Å². The molecule has 1 aliphatic heterocycles. The molecule has 0 bridgehead atoms. The number of nitrogens with zero attached hydrogens (tertiary/aromatic N) is 4. The number of ketones is 1. The smallest absolute Gasteiger partial charge is 0.253 e. The Morgan fingerprint density at radius 2 is 1.78 bits per heavy atom. The molecule has 4 rings (SSSR count). The molecular formula is C21H22N4O2. The maximum Gasteiger partial charge on any atom is 0.253 e. The third-order valence-electron chi connectivity index (χ3n) is 5.27. The number of amides is 1. The Kier molecular flexibility index (Phi) is 4.71. The summed E-state index contributed by atoms with van der Waals surface area (Å²) in [6, 6.07) is 14.9. The minimum Gasteiger partial charge on any atom is -0.339 e. The van der Waals surface area contributed by atoms with Gasteiger partial charge in [-0.15, -0.1) is 5.10 Å². The molecule has 0 radical (unpaired) electrons. The lowest BCUT2D eigenvalue weighted by atomic mass is 9.88. The average Bonchev–Trinajstić information content (AvgIpc) is 3.16. The summed E-state index contributed by atoms with van der Waals surface area (Å²) in [5, 5.41) is 8.23. The number of aromatic nitrogens is 3. The summed E-state index contributed by atoms with van der Waals surface area (Å²) in [6.07, 6.45) is 1.40. The number of carbonyl (C=O) groups is 2. The largest absolute Gasteiger partial charge is 0.339 e. The number of carbonyl (C=O) groups excluding carboxylic acids is 2. The summed E-state index contributed by atoms with van der Waals surface area (Å²) in [4.78, 5) is 27.3. The second-order valence-electron chi connectivity index (χ2n) is 6.91. The van der Waals surface area contributed by atoms with Gasteiger partial charge in [0.15, 0.2) is 5.78 Å². The first-order valence-corrected chi connectivity index (χ1v) is 9.39. The molecule has 1 saturated heterocycles. The SMILES string of the molecule is CCn1nnc2cc(C(=O)N3CCC(C(=O)c4ccccc4)CC3)ccc21. The maximum absolute atomic E-state index is 12.9. The second-order valence-corrected chi connectivity index (χ2v) is 6.91. The van der Waals surface area contributed by atoms with Gasteiger partial charge in [-0.1, -0.05) is 35.5 Å². The molecule has 0 aliphatic carbocycles. The summed E-state index contributed by atoms with van der Waals surface area (Å²) < 4.78 is 1.81. The lowest BCUT2D eigenvalue weighted by Gasteiger charge is -2.31. The molecule has 1 aromatic heterocycles. The van der Waals surface area contributed by atoms with Gasteiger partial charge < -0.3 is 4.90 Å². The highest BCUT2D eigenvalue weighted by Gasteiger charge is 2.28. The monoisotopic (exact) mass is 362 g/mol. The topological polar surface area (TPSA) is 68.1 Å². The number of fused-ring (bicyclic) bond motifs is 1. The first kappa shape index (κ1) is 17.4. The number of Topliss-reactive ketones (excluding diaryl/α,β-unsaturated/α-hetero) is 1. The van der Waals surface area contributed by atoms with Crippen molar-refractivity contribution in [3.05, 3.63) is 59.7 Å². The van der Waals surface area contributed by atoms with Crippen LogP contribution < -0.4 is 0 Å². The second kappa shape index (κ2) is 7.31.